The van der Waals surface area contributed by atoms with Gasteiger partial charge in [0.25, 0.3) is 0 Å². The number of thioether (sulfide) groups is 1. The fraction of sp³-hybridized carbons (Fsp3) is 0.222. The number of aromatic nitrogens is 2. The van der Waals surface area contributed by atoms with Crippen molar-refractivity contribution in [2.75, 3.05) is 0 Å². The van der Waals surface area contributed by atoms with Gasteiger partial charge in [0.1, 0.15) is 0 Å². The Morgan fingerprint density at radius 2 is 1.96 bits per heavy atom. The highest BCUT2D eigenvalue weighted by molar-refractivity contribution is 9.10. The van der Waals surface area contributed by atoms with E-state index in [2.05, 4.69) is 20.9 Å². The summed E-state index contributed by atoms with van der Waals surface area (Å²) >= 11 is 4.85. The zero-order valence-corrected chi connectivity index (χ0v) is 15.5. The fourth-order valence-corrected chi connectivity index (χ4v) is 4.95. The van der Waals surface area contributed by atoms with Crippen molar-refractivity contribution in [2.24, 2.45) is 0 Å². The van der Waals surface area contributed by atoms with Crippen LogP contribution >= 0.6 is 27.7 Å². The summed E-state index contributed by atoms with van der Waals surface area (Å²) in [6.07, 6.45) is 0.351. The van der Waals surface area contributed by atoms with Crippen LogP contribution in [0, 0.1) is 0 Å². The first-order chi connectivity index (χ1) is 12.0. The number of hydrogen-bond donors (Lipinski definition) is 2. The summed E-state index contributed by atoms with van der Waals surface area (Å²) in [5.74, 6) is -0.867. The van der Waals surface area contributed by atoms with Gasteiger partial charge in [-0.15, -0.1) is 0 Å². The Hall–Kier alpha value is -1.83. The Balaban J connectivity index is 1.89. The van der Waals surface area contributed by atoms with Crippen molar-refractivity contribution in [2.45, 2.75) is 29.0 Å². The Bertz CT molecular complexity index is 957. The van der Waals surface area contributed by atoms with Gasteiger partial charge in [0.15, 0.2) is 10.9 Å². The molecule has 5 nitrogen and oxygen atoms in total. The first-order valence-electron chi connectivity index (χ1n) is 7.85. The molecule has 0 saturated carbocycles. The van der Waals surface area contributed by atoms with Gasteiger partial charge < -0.3 is 10.2 Å². The van der Waals surface area contributed by atoms with E-state index in [1.165, 1.54) is 11.8 Å². The lowest BCUT2D eigenvalue weighted by Gasteiger charge is -2.32. The van der Waals surface area contributed by atoms with Crippen molar-refractivity contribution in [3.05, 3.63) is 58.6 Å². The lowest BCUT2D eigenvalue weighted by atomic mass is 9.95. The maximum Gasteiger partial charge on any atom is 0.303 e. The van der Waals surface area contributed by atoms with E-state index in [-0.39, 0.29) is 11.7 Å². The number of aliphatic carboxylic acids is 1. The summed E-state index contributed by atoms with van der Waals surface area (Å²) in [6, 6.07) is 15.1. The normalized spacial score (nSPS) is 22.2. The first kappa shape index (κ1) is 16.6. The molecule has 7 heteroatoms. The minimum atomic E-state index is -1.34. The second-order valence-electron chi connectivity index (χ2n) is 5.99. The number of hydrogen-bond acceptors (Lipinski definition) is 4. The van der Waals surface area contributed by atoms with Crippen molar-refractivity contribution in [3.63, 3.8) is 0 Å². The predicted octanol–water partition coefficient (Wildman–Crippen LogP) is 3.83. The van der Waals surface area contributed by atoms with Crippen molar-refractivity contribution < 1.29 is 15.0 Å². The van der Waals surface area contributed by atoms with Crippen LogP contribution in [0.3, 0.4) is 0 Å². The number of benzene rings is 2. The van der Waals surface area contributed by atoms with E-state index in [0.29, 0.717) is 11.6 Å². The summed E-state index contributed by atoms with van der Waals surface area (Å²) in [4.78, 5) is 15.7. The van der Waals surface area contributed by atoms with Gasteiger partial charge in [0, 0.05) is 16.5 Å². The SMILES string of the molecule is O=C(O)CCC1Sc2nc3ccccc3n2C1(O)c1ccc(Br)cc1. The van der Waals surface area contributed by atoms with E-state index in [9.17, 15) is 9.90 Å². The summed E-state index contributed by atoms with van der Waals surface area (Å²) in [5, 5.41) is 21.2. The van der Waals surface area contributed by atoms with Crippen molar-refractivity contribution in [1.29, 1.82) is 0 Å². The van der Waals surface area contributed by atoms with Crippen LogP contribution in [-0.2, 0) is 10.5 Å². The third kappa shape index (κ3) is 2.67. The molecule has 0 saturated heterocycles. The second kappa shape index (κ2) is 6.16. The van der Waals surface area contributed by atoms with Gasteiger partial charge in [0.2, 0.25) is 0 Å². The van der Waals surface area contributed by atoms with Crippen LogP contribution in [-0.4, -0.2) is 31.0 Å². The number of carboxylic acids is 1. The molecule has 0 amide bonds. The second-order valence-corrected chi connectivity index (χ2v) is 8.08. The third-order valence-electron chi connectivity index (χ3n) is 4.46. The summed E-state index contributed by atoms with van der Waals surface area (Å²) in [5.41, 5.74) is 1.04. The highest BCUT2D eigenvalue weighted by Gasteiger charge is 2.49. The van der Waals surface area contributed by atoms with Crippen LogP contribution in [0.2, 0.25) is 0 Å². The number of imidazole rings is 1. The van der Waals surface area contributed by atoms with Crippen LogP contribution in [0.5, 0.6) is 0 Å². The lowest BCUT2D eigenvalue weighted by Crippen LogP contribution is -2.40. The molecule has 1 aliphatic rings. The molecule has 2 aromatic carbocycles. The van der Waals surface area contributed by atoms with E-state index in [4.69, 9.17) is 5.11 Å². The Kier molecular flexibility index (Phi) is 4.10. The Morgan fingerprint density at radius 1 is 1.24 bits per heavy atom. The molecule has 0 bridgehead atoms. The largest absolute Gasteiger partial charge is 0.481 e. The molecule has 1 aromatic heterocycles. The molecule has 2 unspecified atom stereocenters. The van der Waals surface area contributed by atoms with Gasteiger partial charge in [-0.25, -0.2) is 4.98 Å². The van der Waals surface area contributed by atoms with Gasteiger partial charge >= 0.3 is 5.97 Å². The monoisotopic (exact) mass is 418 g/mol. The minimum Gasteiger partial charge on any atom is -0.481 e. The van der Waals surface area contributed by atoms with Crippen LogP contribution in [0.15, 0.2) is 58.2 Å². The number of carbonyl (C=O) groups is 1. The van der Waals surface area contributed by atoms with E-state index in [0.717, 1.165) is 21.1 Å². The van der Waals surface area contributed by atoms with Crippen molar-refractivity contribution >= 4 is 44.7 Å². The number of fused-ring (bicyclic) bond motifs is 3. The highest BCUT2D eigenvalue weighted by Crippen LogP contribution is 2.49. The van der Waals surface area contributed by atoms with E-state index < -0.39 is 11.7 Å². The van der Waals surface area contributed by atoms with Gasteiger partial charge in [0.05, 0.1) is 16.3 Å². The van der Waals surface area contributed by atoms with E-state index in [1.807, 2.05) is 53.1 Å². The van der Waals surface area contributed by atoms with Gasteiger partial charge in [-0.1, -0.05) is 52.0 Å². The summed E-state index contributed by atoms with van der Waals surface area (Å²) in [7, 11) is 0. The molecule has 2 heterocycles. The predicted molar refractivity (Wildman–Crippen MR) is 99.7 cm³/mol. The van der Waals surface area contributed by atoms with Crippen LogP contribution in [0.4, 0.5) is 0 Å². The number of aliphatic hydroxyl groups is 1. The highest BCUT2D eigenvalue weighted by atomic mass is 79.9. The van der Waals surface area contributed by atoms with E-state index in [1.54, 1.807) is 0 Å². The number of halogens is 1. The zero-order valence-electron chi connectivity index (χ0n) is 13.1. The first-order valence-corrected chi connectivity index (χ1v) is 9.52. The molecule has 3 aromatic rings. The molecule has 4 rings (SSSR count). The van der Waals surface area contributed by atoms with Crippen LogP contribution < -0.4 is 0 Å². The molecule has 0 spiro atoms. The summed E-state index contributed by atoms with van der Waals surface area (Å²) in [6.45, 7) is 0. The van der Waals surface area contributed by atoms with Crippen molar-refractivity contribution in [1.82, 2.24) is 9.55 Å². The smallest absolute Gasteiger partial charge is 0.303 e. The average Bonchev–Trinajstić information content (AvgIpc) is 3.09. The molecule has 2 N–H and O–H groups in total. The maximum absolute atomic E-state index is 11.8. The number of carboxylic acid groups (broad SMARTS) is 1. The molecule has 25 heavy (non-hydrogen) atoms. The average molecular weight is 419 g/mol. The molecule has 2 atom stereocenters. The molecular formula is C18H15BrN2O3S. The molecule has 0 fully saturated rings. The lowest BCUT2D eigenvalue weighted by molar-refractivity contribution is -0.137. The zero-order chi connectivity index (χ0) is 17.6. The molecule has 1 aliphatic heterocycles. The number of para-hydroxylation sites is 2. The fourth-order valence-electron chi connectivity index (χ4n) is 3.29. The molecule has 128 valence electrons. The van der Waals surface area contributed by atoms with Gasteiger partial charge in [-0.3, -0.25) is 9.36 Å². The molecular weight excluding hydrogens is 404 g/mol. The minimum absolute atomic E-state index is 0.000723. The Morgan fingerprint density at radius 3 is 2.68 bits per heavy atom. The quantitative estimate of drug-likeness (QED) is 0.673. The topological polar surface area (TPSA) is 75.3 Å². The van der Waals surface area contributed by atoms with Gasteiger partial charge in [-0.05, 0) is 30.7 Å². The van der Waals surface area contributed by atoms with Crippen molar-refractivity contribution in [3.8, 4) is 0 Å². The van der Waals surface area contributed by atoms with Crippen LogP contribution in [0.1, 0.15) is 18.4 Å². The van der Waals surface area contributed by atoms with Gasteiger partial charge in [-0.2, -0.15) is 0 Å². The number of nitrogens with zero attached hydrogens (tertiary/aromatic N) is 2. The van der Waals surface area contributed by atoms with E-state index >= 15 is 0 Å². The summed E-state index contributed by atoms with van der Waals surface area (Å²) < 4.78 is 2.76. The third-order valence-corrected chi connectivity index (χ3v) is 6.32. The molecule has 0 aliphatic carbocycles. The number of rotatable bonds is 4. The Labute approximate surface area is 156 Å². The standard InChI is InChI=1S/C18H15BrN2O3S/c19-12-7-5-11(6-8-12)18(24)15(9-10-16(22)23)25-17-20-13-3-1-2-4-14(13)21(17)18/h1-8,15,24H,9-10H2,(H,22,23). The maximum atomic E-state index is 11.8. The molecule has 0 radical (unpaired) electrons. The van der Waals surface area contributed by atoms with Crippen LogP contribution in [0.25, 0.3) is 11.0 Å².